The second kappa shape index (κ2) is 6.68. The second-order valence-corrected chi connectivity index (χ2v) is 6.23. The minimum Gasteiger partial charge on any atom is -0.496 e. The molecule has 1 aromatic carbocycles. The summed E-state index contributed by atoms with van der Waals surface area (Å²) in [5.41, 5.74) is 3.20. The van der Waals surface area contributed by atoms with Crippen molar-refractivity contribution in [3.8, 4) is 16.9 Å². The molecule has 136 valence electrons. The van der Waals surface area contributed by atoms with E-state index < -0.39 is 0 Å². The molecule has 4 rings (SSSR count). The molecule has 0 saturated heterocycles. The van der Waals surface area contributed by atoms with Gasteiger partial charge in [-0.3, -0.25) is 4.79 Å². The average molecular weight is 362 g/mol. The van der Waals surface area contributed by atoms with E-state index in [-0.39, 0.29) is 12.1 Å². The van der Waals surface area contributed by atoms with Gasteiger partial charge < -0.3 is 13.8 Å². The van der Waals surface area contributed by atoms with Gasteiger partial charge >= 0.3 is 0 Å². The van der Waals surface area contributed by atoms with E-state index in [1.54, 1.807) is 42.3 Å². The van der Waals surface area contributed by atoms with Gasteiger partial charge in [0.25, 0.3) is 5.56 Å². The molecule has 0 aliphatic carbocycles. The monoisotopic (exact) mass is 362 g/mol. The van der Waals surface area contributed by atoms with Crippen molar-refractivity contribution in [2.24, 2.45) is 0 Å². The van der Waals surface area contributed by atoms with Gasteiger partial charge in [-0.2, -0.15) is 0 Å². The van der Waals surface area contributed by atoms with Crippen LogP contribution in [-0.4, -0.2) is 26.8 Å². The molecular formula is C20H18N4O3. The van der Waals surface area contributed by atoms with E-state index in [1.807, 2.05) is 26.0 Å². The van der Waals surface area contributed by atoms with Crippen LogP contribution in [0.5, 0.6) is 5.75 Å². The highest BCUT2D eigenvalue weighted by atomic mass is 16.5. The number of ether oxygens (including phenoxy) is 1. The van der Waals surface area contributed by atoms with Gasteiger partial charge in [0, 0.05) is 30.1 Å². The maximum atomic E-state index is 12.5. The molecule has 27 heavy (non-hydrogen) atoms. The van der Waals surface area contributed by atoms with Gasteiger partial charge in [-0.05, 0) is 37.4 Å². The number of hydrogen-bond acceptors (Lipinski definition) is 6. The molecule has 0 aliphatic rings. The maximum absolute atomic E-state index is 12.5. The fraction of sp³-hybridized carbons (Fsp3) is 0.200. The Morgan fingerprint density at radius 2 is 1.93 bits per heavy atom. The summed E-state index contributed by atoms with van der Waals surface area (Å²) in [7, 11) is 1.61. The predicted molar refractivity (Wildman–Crippen MR) is 101 cm³/mol. The van der Waals surface area contributed by atoms with Crippen molar-refractivity contribution >= 4 is 10.9 Å². The number of benzene rings is 1. The fourth-order valence-electron chi connectivity index (χ4n) is 3.27. The van der Waals surface area contributed by atoms with Crippen molar-refractivity contribution in [1.82, 2.24) is 19.7 Å². The van der Waals surface area contributed by atoms with Gasteiger partial charge in [0.2, 0.25) is 0 Å². The maximum Gasteiger partial charge on any atom is 0.251 e. The molecule has 3 aromatic heterocycles. The third-order valence-electron chi connectivity index (χ3n) is 4.53. The molecule has 7 heteroatoms. The van der Waals surface area contributed by atoms with Crippen LogP contribution in [0.15, 0.2) is 52.0 Å². The Bertz CT molecular complexity index is 1160. The number of rotatable bonds is 4. The van der Waals surface area contributed by atoms with Gasteiger partial charge in [-0.25, -0.2) is 9.97 Å². The second-order valence-electron chi connectivity index (χ2n) is 6.23. The Labute approximate surface area is 155 Å². The molecule has 0 aliphatic heterocycles. The van der Waals surface area contributed by atoms with E-state index in [9.17, 15) is 4.79 Å². The van der Waals surface area contributed by atoms with Gasteiger partial charge in [0.1, 0.15) is 17.3 Å². The summed E-state index contributed by atoms with van der Waals surface area (Å²) in [5, 5.41) is 4.94. The van der Waals surface area contributed by atoms with Crippen LogP contribution in [0, 0.1) is 13.8 Å². The minimum absolute atomic E-state index is 0.123. The van der Waals surface area contributed by atoms with Crippen molar-refractivity contribution < 1.29 is 9.26 Å². The van der Waals surface area contributed by atoms with E-state index in [1.165, 1.54) is 0 Å². The number of aromatic nitrogens is 4. The van der Waals surface area contributed by atoms with Crippen LogP contribution in [0.1, 0.15) is 17.3 Å². The molecule has 0 atom stereocenters. The Hall–Kier alpha value is -3.48. The fourth-order valence-corrected chi connectivity index (χ4v) is 3.27. The number of fused-ring (bicyclic) bond motifs is 1. The highest BCUT2D eigenvalue weighted by molar-refractivity contribution is 5.89. The van der Waals surface area contributed by atoms with Crippen LogP contribution in [0.4, 0.5) is 0 Å². The van der Waals surface area contributed by atoms with Gasteiger partial charge in [-0.15, -0.1) is 0 Å². The lowest BCUT2D eigenvalue weighted by molar-refractivity contribution is 0.393. The SMILES string of the molecule is COc1cc2c(ccc(=O)n2Cc2ncccn2)cc1-c1c(C)noc1C. The first-order chi connectivity index (χ1) is 13.1. The summed E-state index contributed by atoms with van der Waals surface area (Å²) in [5.74, 6) is 1.93. The Morgan fingerprint density at radius 1 is 1.15 bits per heavy atom. The average Bonchev–Trinajstić information content (AvgIpc) is 3.02. The van der Waals surface area contributed by atoms with Crippen molar-refractivity contribution in [1.29, 1.82) is 0 Å². The largest absolute Gasteiger partial charge is 0.496 e. The molecular weight excluding hydrogens is 344 g/mol. The lowest BCUT2D eigenvalue weighted by Gasteiger charge is -2.14. The zero-order valence-electron chi connectivity index (χ0n) is 15.3. The molecule has 0 N–H and O–H groups in total. The van der Waals surface area contributed by atoms with Crippen LogP contribution in [0.25, 0.3) is 22.0 Å². The molecule has 3 heterocycles. The third kappa shape index (κ3) is 2.97. The highest BCUT2D eigenvalue weighted by Crippen LogP contribution is 2.37. The smallest absolute Gasteiger partial charge is 0.251 e. The topological polar surface area (TPSA) is 83.0 Å². The lowest BCUT2D eigenvalue weighted by Crippen LogP contribution is -2.21. The standard InChI is InChI=1S/C20H18N4O3/c1-12-20(13(2)27-23-12)15-9-14-5-6-19(25)24(16(14)10-17(15)26-3)11-18-21-7-4-8-22-18/h4-10H,11H2,1-3H3. The number of methoxy groups -OCH3 is 1. The number of hydrogen-bond donors (Lipinski definition) is 0. The van der Waals surface area contributed by atoms with E-state index in [0.717, 1.165) is 33.5 Å². The van der Waals surface area contributed by atoms with Crippen LogP contribution < -0.4 is 10.3 Å². The van der Waals surface area contributed by atoms with Crippen LogP contribution >= 0.6 is 0 Å². The first-order valence-electron chi connectivity index (χ1n) is 8.49. The summed E-state index contributed by atoms with van der Waals surface area (Å²) >= 11 is 0. The molecule has 0 fully saturated rings. The minimum atomic E-state index is -0.123. The molecule has 0 amide bonds. The zero-order valence-corrected chi connectivity index (χ0v) is 15.3. The molecule has 0 radical (unpaired) electrons. The number of pyridine rings is 1. The molecule has 0 spiro atoms. The highest BCUT2D eigenvalue weighted by Gasteiger charge is 2.18. The molecule has 0 bridgehead atoms. The lowest BCUT2D eigenvalue weighted by atomic mass is 10.0. The normalized spacial score (nSPS) is 11.1. The quantitative estimate of drug-likeness (QED) is 0.555. The van der Waals surface area contributed by atoms with E-state index >= 15 is 0 Å². The van der Waals surface area contributed by atoms with Gasteiger partial charge in [0.05, 0.1) is 30.4 Å². The summed E-state index contributed by atoms with van der Waals surface area (Å²) in [4.78, 5) is 20.9. The first-order valence-corrected chi connectivity index (χ1v) is 8.49. The number of aryl methyl sites for hydroxylation is 2. The van der Waals surface area contributed by atoms with Gasteiger partial charge in [-0.1, -0.05) is 5.16 Å². The van der Waals surface area contributed by atoms with Crippen LogP contribution in [-0.2, 0) is 6.54 Å². The van der Waals surface area contributed by atoms with E-state index in [0.29, 0.717) is 11.6 Å². The molecule has 7 nitrogen and oxygen atoms in total. The van der Waals surface area contributed by atoms with Crippen molar-refractivity contribution in [3.05, 3.63) is 70.4 Å². The van der Waals surface area contributed by atoms with Crippen molar-refractivity contribution in [2.75, 3.05) is 7.11 Å². The zero-order chi connectivity index (χ0) is 19.0. The number of nitrogens with zero attached hydrogens (tertiary/aromatic N) is 4. The molecule has 0 saturated carbocycles. The van der Waals surface area contributed by atoms with E-state index in [2.05, 4.69) is 15.1 Å². The van der Waals surface area contributed by atoms with Crippen LogP contribution in [0.2, 0.25) is 0 Å². The van der Waals surface area contributed by atoms with E-state index in [4.69, 9.17) is 9.26 Å². The first kappa shape index (κ1) is 17.0. The Kier molecular flexibility index (Phi) is 4.19. The summed E-state index contributed by atoms with van der Waals surface area (Å²) < 4.78 is 12.6. The van der Waals surface area contributed by atoms with Gasteiger partial charge in [0.15, 0.2) is 0 Å². The van der Waals surface area contributed by atoms with Crippen molar-refractivity contribution in [2.45, 2.75) is 20.4 Å². The summed E-state index contributed by atoms with van der Waals surface area (Å²) in [6.45, 7) is 4.04. The Morgan fingerprint density at radius 3 is 2.59 bits per heavy atom. The summed E-state index contributed by atoms with van der Waals surface area (Å²) in [6.07, 6.45) is 3.32. The molecule has 4 aromatic rings. The van der Waals surface area contributed by atoms with Crippen LogP contribution in [0.3, 0.4) is 0 Å². The predicted octanol–water partition coefficient (Wildman–Crippen LogP) is 3.12. The summed E-state index contributed by atoms with van der Waals surface area (Å²) in [6, 6.07) is 8.95. The van der Waals surface area contributed by atoms with Crippen molar-refractivity contribution in [3.63, 3.8) is 0 Å². The Balaban J connectivity index is 1.94. The third-order valence-corrected chi connectivity index (χ3v) is 4.53. The molecule has 0 unspecified atom stereocenters.